The van der Waals surface area contributed by atoms with Crippen LogP contribution in [0.5, 0.6) is 0 Å². The fraction of sp³-hybridized carbons (Fsp3) is 0.190. The van der Waals surface area contributed by atoms with E-state index < -0.39 is 0 Å². The fourth-order valence-electron chi connectivity index (χ4n) is 7.96. The summed E-state index contributed by atoms with van der Waals surface area (Å²) in [5, 5.41) is 7.91. The molecule has 0 fully saturated rings. The summed E-state index contributed by atoms with van der Waals surface area (Å²) in [6.45, 7) is 13.9. The Morgan fingerprint density at radius 1 is 0.489 bits per heavy atom. The van der Waals surface area contributed by atoms with Gasteiger partial charge in [0.15, 0.2) is 0 Å². The van der Waals surface area contributed by atoms with Crippen molar-refractivity contribution in [2.45, 2.75) is 52.4 Å². The molecule has 3 heterocycles. The molecule has 0 N–H and O–H groups in total. The summed E-state index contributed by atoms with van der Waals surface area (Å²) in [4.78, 5) is 0. The van der Waals surface area contributed by atoms with E-state index >= 15 is 0 Å². The fourth-order valence-corrected chi connectivity index (χ4v) is 7.96. The lowest BCUT2D eigenvalue weighted by Gasteiger charge is -2.29. The van der Waals surface area contributed by atoms with Crippen molar-refractivity contribution >= 4 is 72.2 Å². The normalized spacial score (nSPS) is 13.5. The lowest BCUT2D eigenvalue weighted by Crippen LogP contribution is -2.53. The van der Waals surface area contributed by atoms with Crippen molar-refractivity contribution in [3.8, 4) is 5.69 Å². The number of hydrogen-bond acceptors (Lipinski definition) is 0. The molecule has 1 aliphatic rings. The summed E-state index contributed by atoms with van der Waals surface area (Å²) in [7, 11) is 0. The van der Waals surface area contributed by atoms with E-state index in [0.29, 0.717) is 0 Å². The van der Waals surface area contributed by atoms with Gasteiger partial charge in [-0.3, -0.25) is 0 Å². The van der Waals surface area contributed by atoms with Crippen LogP contribution in [0.1, 0.15) is 52.7 Å². The van der Waals surface area contributed by atoms with Crippen molar-refractivity contribution in [2.75, 3.05) is 0 Å². The van der Waals surface area contributed by atoms with Crippen LogP contribution in [0, 0.1) is 0 Å². The number of aromatic nitrogens is 2. The first-order chi connectivity index (χ1) is 21.6. The monoisotopic (exact) mass is 580 g/mol. The van der Waals surface area contributed by atoms with Crippen LogP contribution in [-0.4, -0.2) is 15.9 Å². The Morgan fingerprint density at radius 2 is 1.07 bits per heavy atom. The Morgan fingerprint density at radius 3 is 1.73 bits per heavy atom. The Balaban J connectivity index is 1.52. The first kappa shape index (κ1) is 26.6. The first-order valence-corrected chi connectivity index (χ1v) is 16.2. The maximum atomic E-state index is 2.68. The summed E-state index contributed by atoms with van der Waals surface area (Å²) >= 11 is 0. The average molecular weight is 581 g/mol. The maximum absolute atomic E-state index is 2.68. The Bertz CT molecular complexity index is 2440. The van der Waals surface area contributed by atoms with Crippen molar-refractivity contribution < 1.29 is 0 Å². The summed E-state index contributed by atoms with van der Waals surface area (Å²) in [5.41, 5.74) is 12.0. The first-order valence-electron chi connectivity index (χ1n) is 16.2. The zero-order valence-electron chi connectivity index (χ0n) is 26.9. The molecule has 0 bridgehead atoms. The maximum Gasteiger partial charge on any atom is 0.332 e. The van der Waals surface area contributed by atoms with Crippen molar-refractivity contribution in [1.82, 2.24) is 9.05 Å². The minimum Gasteiger partial charge on any atom is -0.376 e. The molecular formula is C42H37BN2. The molecule has 0 unspecified atom stereocenters. The predicted octanol–water partition coefficient (Wildman–Crippen LogP) is 9.61. The van der Waals surface area contributed by atoms with Gasteiger partial charge in [-0.1, -0.05) is 133 Å². The van der Waals surface area contributed by atoms with Gasteiger partial charge in [-0.05, 0) is 67.9 Å². The molecule has 45 heavy (non-hydrogen) atoms. The highest BCUT2D eigenvalue weighted by Crippen LogP contribution is 2.40. The third kappa shape index (κ3) is 3.64. The Hall–Kier alpha value is -4.76. The molecule has 0 spiro atoms. The molecule has 0 atom stereocenters. The standard InChI is InChI=1S/C42H37BN2/c1-41(2,3)27-19-21-30-31-22-20-28(42(4,5)6)25-38(31)45(37(30)24-27)43-33-16-10-12-18-36(33)44-35-17-11-9-15-32(35)39-29-14-8-7-13-26(29)23-34(43)40(39)44/h7-25H,1-6H3. The van der Waals surface area contributed by atoms with Crippen LogP contribution in [0.15, 0.2) is 115 Å². The van der Waals surface area contributed by atoms with Crippen LogP contribution >= 0.6 is 0 Å². The second kappa shape index (κ2) is 8.91. The van der Waals surface area contributed by atoms with Gasteiger partial charge in [-0.2, -0.15) is 0 Å². The quantitative estimate of drug-likeness (QED) is 0.171. The molecule has 0 amide bonds. The van der Waals surface area contributed by atoms with Crippen molar-refractivity contribution in [3.05, 3.63) is 126 Å². The van der Waals surface area contributed by atoms with Gasteiger partial charge in [-0.15, -0.1) is 0 Å². The largest absolute Gasteiger partial charge is 0.376 e. The highest BCUT2D eigenvalue weighted by molar-refractivity contribution is 6.88. The second-order valence-electron chi connectivity index (χ2n) is 15.1. The molecule has 0 radical (unpaired) electrons. The van der Waals surface area contributed by atoms with Crippen molar-refractivity contribution in [2.24, 2.45) is 0 Å². The van der Waals surface area contributed by atoms with Gasteiger partial charge >= 0.3 is 6.85 Å². The van der Waals surface area contributed by atoms with Crippen molar-refractivity contribution in [3.63, 3.8) is 0 Å². The summed E-state index contributed by atoms with van der Waals surface area (Å²) in [5.74, 6) is 0. The van der Waals surface area contributed by atoms with E-state index in [0.717, 1.165) is 0 Å². The second-order valence-corrected chi connectivity index (χ2v) is 15.1. The molecule has 218 valence electrons. The van der Waals surface area contributed by atoms with Crippen LogP contribution in [0.2, 0.25) is 0 Å². The molecule has 6 aromatic carbocycles. The topological polar surface area (TPSA) is 9.86 Å². The summed E-state index contributed by atoms with van der Waals surface area (Å²) < 4.78 is 5.21. The van der Waals surface area contributed by atoms with Gasteiger partial charge in [-0.25, -0.2) is 0 Å². The number of nitrogens with zero attached hydrogens (tertiary/aromatic N) is 2. The third-order valence-corrected chi connectivity index (χ3v) is 10.3. The van der Waals surface area contributed by atoms with Gasteiger partial charge in [0.2, 0.25) is 0 Å². The highest BCUT2D eigenvalue weighted by Gasteiger charge is 2.37. The van der Waals surface area contributed by atoms with E-state index in [2.05, 4.69) is 166 Å². The molecule has 2 aromatic heterocycles. The van der Waals surface area contributed by atoms with Crippen LogP contribution in [0.3, 0.4) is 0 Å². The molecule has 8 aromatic rings. The molecule has 0 aliphatic carbocycles. The van der Waals surface area contributed by atoms with E-state index in [9.17, 15) is 0 Å². The van der Waals surface area contributed by atoms with Crippen LogP contribution in [-0.2, 0) is 10.8 Å². The Kier molecular flexibility index (Phi) is 5.28. The van der Waals surface area contributed by atoms with Gasteiger partial charge in [0.05, 0.1) is 11.0 Å². The number of hydrogen-bond donors (Lipinski definition) is 0. The van der Waals surface area contributed by atoms with Gasteiger partial charge in [0.1, 0.15) is 0 Å². The third-order valence-electron chi connectivity index (χ3n) is 10.3. The molecule has 1 aliphatic heterocycles. The zero-order chi connectivity index (χ0) is 30.8. The van der Waals surface area contributed by atoms with Crippen LogP contribution < -0.4 is 10.9 Å². The summed E-state index contributed by atoms with van der Waals surface area (Å²) in [6, 6.07) is 43.8. The Labute approximate surface area is 265 Å². The predicted molar refractivity (Wildman–Crippen MR) is 196 cm³/mol. The molecular weight excluding hydrogens is 543 g/mol. The molecule has 0 saturated carbocycles. The van der Waals surface area contributed by atoms with Gasteiger partial charge < -0.3 is 9.05 Å². The molecule has 3 heteroatoms. The summed E-state index contributed by atoms with van der Waals surface area (Å²) in [6.07, 6.45) is 0. The number of fused-ring (bicyclic) bond motifs is 10. The highest BCUT2D eigenvalue weighted by atomic mass is 15.0. The SMILES string of the molecule is CC(C)(C)c1ccc2c3ccc(C(C)(C)C)cc3n(B3c4ccccc4-n4c5ccccc5c5c6ccccc6cc3c54)c2c1. The minimum atomic E-state index is 0.00977. The van der Waals surface area contributed by atoms with Crippen LogP contribution in [0.25, 0.3) is 60.1 Å². The molecule has 0 saturated heterocycles. The lowest BCUT2D eigenvalue weighted by atomic mass is 9.48. The molecule has 2 nitrogen and oxygen atoms in total. The molecule has 9 rings (SSSR count). The number of rotatable bonds is 1. The zero-order valence-corrected chi connectivity index (χ0v) is 26.9. The smallest absolute Gasteiger partial charge is 0.332 e. The van der Waals surface area contributed by atoms with Crippen LogP contribution in [0.4, 0.5) is 0 Å². The minimum absolute atomic E-state index is 0.00977. The van der Waals surface area contributed by atoms with E-state index in [1.54, 1.807) is 0 Å². The number of para-hydroxylation sites is 2. The average Bonchev–Trinajstić information content (AvgIpc) is 3.54. The van der Waals surface area contributed by atoms with Gasteiger partial charge in [0.25, 0.3) is 0 Å². The van der Waals surface area contributed by atoms with E-state index in [1.165, 1.54) is 82.1 Å². The van der Waals surface area contributed by atoms with E-state index in [1.807, 2.05) is 0 Å². The lowest BCUT2D eigenvalue weighted by molar-refractivity contribution is 0.591. The van der Waals surface area contributed by atoms with Gasteiger partial charge in [0, 0.05) is 38.3 Å². The van der Waals surface area contributed by atoms with E-state index in [4.69, 9.17) is 0 Å². The number of benzene rings is 6. The van der Waals surface area contributed by atoms with E-state index in [-0.39, 0.29) is 17.7 Å². The van der Waals surface area contributed by atoms with Crippen molar-refractivity contribution in [1.29, 1.82) is 0 Å².